The molecule has 0 heteroatoms. The molecule has 0 aromatic heterocycles. The van der Waals surface area contributed by atoms with Gasteiger partial charge in [0, 0.05) is 0 Å². The molecular weight excluding hydrogens is 156 g/mol. The zero-order chi connectivity index (χ0) is 10.0. The molecule has 70 valence electrons. The Labute approximate surface area is 81.3 Å². The largest absolute Gasteiger partial charge is 0.0998 e. The van der Waals surface area contributed by atoms with E-state index in [1.807, 2.05) is 0 Å². The molecule has 0 aliphatic rings. The third-order valence-corrected chi connectivity index (χ3v) is 2.58. The van der Waals surface area contributed by atoms with Crippen molar-refractivity contribution in [1.29, 1.82) is 0 Å². The number of allylic oxidation sites excluding steroid dienone is 1. The van der Waals surface area contributed by atoms with Gasteiger partial charge in [0.2, 0.25) is 0 Å². The Balaban J connectivity index is 3.17. The molecule has 0 saturated carbocycles. The predicted octanol–water partition coefficient (Wildman–Crippen LogP) is 3.73. The summed E-state index contributed by atoms with van der Waals surface area (Å²) in [5.74, 6) is 0. The maximum absolute atomic E-state index is 3.96. The van der Waals surface area contributed by atoms with Crippen molar-refractivity contribution in [3.05, 3.63) is 46.5 Å². The molecule has 0 amide bonds. The van der Waals surface area contributed by atoms with Crippen LogP contribution >= 0.6 is 0 Å². The number of rotatable bonds is 2. The van der Waals surface area contributed by atoms with E-state index in [1.165, 1.54) is 27.8 Å². The van der Waals surface area contributed by atoms with Crippen molar-refractivity contribution < 1.29 is 0 Å². The number of hydrogen-bond acceptors (Lipinski definition) is 0. The SMILES string of the molecule is C=C(C)Cc1c(C)ccc(C)c1C. The Hall–Kier alpha value is -1.04. The van der Waals surface area contributed by atoms with Gasteiger partial charge in [-0.3, -0.25) is 0 Å². The molecule has 13 heavy (non-hydrogen) atoms. The molecule has 0 radical (unpaired) electrons. The first-order valence-corrected chi connectivity index (χ1v) is 4.72. The zero-order valence-corrected chi connectivity index (χ0v) is 9.07. The fourth-order valence-electron chi connectivity index (χ4n) is 1.58. The van der Waals surface area contributed by atoms with E-state index in [2.05, 4.69) is 46.4 Å². The normalized spacial score (nSPS) is 10.2. The number of aryl methyl sites for hydroxylation is 2. The van der Waals surface area contributed by atoms with Crippen LogP contribution in [0.4, 0.5) is 0 Å². The lowest BCUT2D eigenvalue weighted by Crippen LogP contribution is -1.96. The van der Waals surface area contributed by atoms with Crippen LogP contribution in [0.1, 0.15) is 29.2 Å². The van der Waals surface area contributed by atoms with Gasteiger partial charge >= 0.3 is 0 Å². The van der Waals surface area contributed by atoms with Crippen LogP contribution in [0.5, 0.6) is 0 Å². The van der Waals surface area contributed by atoms with Gasteiger partial charge in [-0.1, -0.05) is 24.3 Å². The Kier molecular flexibility index (Phi) is 2.92. The Morgan fingerprint density at radius 2 is 1.69 bits per heavy atom. The van der Waals surface area contributed by atoms with Crippen LogP contribution in [-0.4, -0.2) is 0 Å². The van der Waals surface area contributed by atoms with E-state index in [1.54, 1.807) is 0 Å². The van der Waals surface area contributed by atoms with Crippen molar-refractivity contribution in [1.82, 2.24) is 0 Å². The van der Waals surface area contributed by atoms with Crippen molar-refractivity contribution in [2.45, 2.75) is 34.1 Å². The van der Waals surface area contributed by atoms with Gasteiger partial charge in [0.25, 0.3) is 0 Å². The molecule has 1 aromatic carbocycles. The lowest BCUT2D eigenvalue weighted by atomic mass is 9.94. The van der Waals surface area contributed by atoms with Gasteiger partial charge < -0.3 is 0 Å². The van der Waals surface area contributed by atoms with Gasteiger partial charge in [0.05, 0.1) is 0 Å². The molecule has 0 heterocycles. The van der Waals surface area contributed by atoms with Crippen LogP contribution in [0, 0.1) is 20.8 Å². The first-order chi connectivity index (χ1) is 6.02. The van der Waals surface area contributed by atoms with Crippen molar-refractivity contribution in [3.8, 4) is 0 Å². The lowest BCUT2D eigenvalue weighted by Gasteiger charge is -2.11. The van der Waals surface area contributed by atoms with Crippen molar-refractivity contribution in [3.63, 3.8) is 0 Å². The second-order valence-corrected chi connectivity index (χ2v) is 3.94. The minimum Gasteiger partial charge on any atom is -0.0998 e. The van der Waals surface area contributed by atoms with E-state index in [-0.39, 0.29) is 0 Å². The molecule has 1 aromatic rings. The third kappa shape index (κ3) is 2.21. The number of hydrogen-bond donors (Lipinski definition) is 0. The van der Waals surface area contributed by atoms with Crippen molar-refractivity contribution in [2.24, 2.45) is 0 Å². The molecule has 0 N–H and O–H groups in total. The predicted molar refractivity (Wildman–Crippen MR) is 59.2 cm³/mol. The van der Waals surface area contributed by atoms with Gasteiger partial charge in [-0.25, -0.2) is 0 Å². The summed E-state index contributed by atoms with van der Waals surface area (Å²) in [5, 5.41) is 0. The smallest absolute Gasteiger partial charge is 0.00672 e. The second kappa shape index (κ2) is 3.78. The highest BCUT2D eigenvalue weighted by atomic mass is 14.1. The maximum atomic E-state index is 3.96. The van der Waals surface area contributed by atoms with Crippen LogP contribution in [-0.2, 0) is 6.42 Å². The summed E-state index contributed by atoms with van der Waals surface area (Å²) < 4.78 is 0. The maximum Gasteiger partial charge on any atom is -0.00672 e. The van der Waals surface area contributed by atoms with Crippen molar-refractivity contribution in [2.75, 3.05) is 0 Å². The average Bonchev–Trinajstić information content (AvgIpc) is 2.05. The Morgan fingerprint density at radius 3 is 2.23 bits per heavy atom. The highest BCUT2D eigenvalue weighted by Gasteiger charge is 2.04. The van der Waals surface area contributed by atoms with Gasteiger partial charge in [0.15, 0.2) is 0 Å². The van der Waals surface area contributed by atoms with Crippen LogP contribution in [0.25, 0.3) is 0 Å². The van der Waals surface area contributed by atoms with E-state index in [4.69, 9.17) is 0 Å². The van der Waals surface area contributed by atoms with Crippen LogP contribution in [0.2, 0.25) is 0 Å². The van der Waals surface area contributed by atoms with Gasteiger partial charge in [-0.15, -0.1) is 0 Å². The minimum absolute atomic E-state index is 1.01. The molecular formula is C13H18. The zero-order valence-electron chi connectivity index (χ0n) is 9.07. The Morgan fingerprint density at radius 1 is 1.15 bits per heavy atom. The molecule has 0 spiro atoms. The fourth-order valence-corrected chi connectivity index (χ4v) is 1.58. The monoisotopic (exact) mass is 174 g/mol. The third-order valence-electron chi connectivity index (χ3n) is 2.58. The first-order valence-electron chi connectivity index (χ1n) is 4.72. The molecule has 0 aliphatic carbocycles. The van der Waals surface area contributed by atoms with E-state index in [0.717, 1.165) is 6.42 Å². The molecule has 0 aliphatic heterocycles. The van der Waals surface area contributed by atoms with Gasteiger partial charge in [0.1, 0.15) is 0 Å². The Bertz CT molecular complexity index is 332. The summed E-state index contributed by atoms with van der Waals surface area (Å²) in [7, 11) is 0. The minimum atomic E-state index is 1.01. The molecule has 1 rings (SSSR count). The summed E-state index contributed by atoms with van der Waals surface area (Å²) in [6.07, 6.45) is 1.01. The molecule has 0 nitrogen and oxygen atoms in total. The molecule has 0 unspecified atom stereocenters. The standard InChI is InChI=1S/C13H18/c1-9(2)8-13-11(4)7-6-10(3)12(13)5/h6-7H,1,8H2,2-5H3. The molecule has 0 bridgehead atoms. The average molecular weight is 174 g/mol. The highest BCUT2D eigenvalue weighted by Crippen LogP contribution is 2.19. The van der Waals surface area contributed by atoms with Crippen LogP contribution < -0.4 is 0 Å². The lowest BCUT2D eigenvalue weighted by molar-refractivity contribution is 1.08. The van der Waals surface area contributed by atoms with Gasteiger partial charge in [-0.05, 0) is 56.4 Å². The molecule has 0 fully saturated rings. The summed E-state index contributed by atoms with van der Waals surface area (Å²) >= 11 is 0. The second-order valence-electron chi connectivity index (χ2n) is 3.94. The summed E-state index contributed by atoms with van der Waals surface area (Å²) in [5.41, 5.74) is 6.86. The summed E-state index contributed by atoms with van der Waals surface area (Å²) in [6.45, 7) is 12.6. The summed E-state index contributed by atoms with van der Waals surface area (Å²) in [6, 6.07) is 4.38. The first kappa shape index (κ1) is 10.0. The summed E-state index contributed by atoms with van der Waals surface area (Å²) in [4.78, 5) is 0. The molecule has 0 saturated heterocycles. The quantitative estimate of drug-likeness (QED) is 0.599. The highest BCUT2D eigenvalue weighted by molar-refractivity contribution is 5.40. The number of benzene rings is 1. The van der Waals surface area contributed by atoms with E-state index < -0.39 is 0 Å². The van der Waals surface area contributed by atoms with E-state index >= 15 is 0 Å². The van der Waals surface area contributed by atoms with Crippen LogP contribution in [0.15, 0.2) is 24.3 Å². The van der Waals surface area contributed by atoms with E-state index in [0.29, 0.717) is 0 Å². The topological polar surface area (TPSA) is 0 Å². The van der Waals surface area contributed by atoms with Crippen LogP contribution in [0.3, 0.4) is 0 Å². The molecule has 0 atom stereocenters. The fraction of sp³-hybridized carbons (Fsp3) is 0.385. The van der Waals surface area contributed by atoms with Gasteiger partial charge in [-0.2, -0.15) is 0 Å². The van der Waals surface area contributed by atoms with Crippen molar-refractivity contribution >= 4 is 0 Å². The van der Waals surface area contributed by atoms with E-state index in [9.17, 15) is 0 Å².